The first-order valence-corrected chi connectivity index (χ1v) is 10.6. The van der Waals surface area contributed by atoms with Crippen LogP contribution in [0.3, 0.4) is 0 Å². The van der Waals surface area contributed by atoms with Crippen molar-refractivity contribution in [1.29, 1.82) is 0 Å². The fraction of sp³-hybridized carbons (Fsp3) is 0.565. The molecule has 30 heavy (non-hydrogen) atoms. The van der Waals surface area contributed by atoms with Crippen molar-refractivity contribution in [2.75, 3.05) is 27.4 Å². The van der Waals surface area contributed by atoms with Gasteiger partial charge in [0.1, 0.15) is 6.54 Å². The molecule has 0 radical (unpaired) electrons. The summed E-state index contributed by atoms with van der Waals surface area (Å²) in [5.41, 5.74) is 0.675. The van der Waals surface area contributed by atoms with Crippen molar-refractivity contribution in [3.8, 4) is 17.2 Å². The fourth-order valence-corrected chi connectivity index (χ4v) is 2.94. The molecule has 1 aromatic carbocycles. The van der Waals surface area contributed by atoms with Crippen LogP contribution in [0.15, 0.2) is 18.2 Å². The molecular formula is C23H35NO6. The lowest BCUT2D eigenvalue weighted by Crippen LogP contribution is -2.27. The van der Waals surface area contributed by atoms with Crippen molar-refractivity contribution >= 4 is 18.0 Å². The summed E-state index contributed by atoms with van der Waals surface area (Å²) in [5, 5.41) is 10.9. The van der Waals surface area contributed by atoms with Crippen LogP contribution >= 0.6 is 0 Å². The van der Waals surface area contributed by atoms with Crippen LogP contribution in [-0.2, 0) is 9.59 Å². The van der Waals surface area contributed by atoms with Crippen LogP contribution in [0.2, 0.25) is 0 Å². The van der Waals surface area contributed by atoms with E-state index in [2.05, 4.69) is 12.2 Å². The van der Waals surface area contributed by atoms with Crippen molar-refractivity contribution in [2.45, 2.75) is 58.3 Å². The van der Waals surface area contributed by atoms with E-state index >= 15 is 0 Å². The van der Waals surface area contributed by atoms with Crippen molar-refractivity contribution in [3.63, 3.8) is 0 Å². The van der Waals surface area contributed by atoms with Gasteiger partial charge < -0.3 is 24.6 Å². The van der Waals surface area contributed by atoms with Gasteiger partial charge in [0.2, 0.25) is 11.7 Å². The van der Waals surface area contributed by atoms with E-state index in [1.54, 1.807) is 32.4 Å². The van der Waals surface area contributed by atoms with Crippen LogP contribution in [0.4, 0.5) is 0 Å². The van der Waals surface area contributed by atoms with E-state index in [9.17, 15) is 9.59 Å². The molecule has 1 rings (SSSR count). The van der Waals surface area contributed by atoms with Crippen LogP contribution in [0.5, 0.6) is 17.2 Å². The van der Waals surface area contributed by atoms with Crippen molar-refractivity contribution < 1.29 is 28.9 Å². The molecule has 0 spiro atoms. The summed E-state index contributed by atoms with van der Waals surface area (Å²) >= 11 is 0. The molecule has 0 saturated heterocycles. The van der Waals surface area contributed by atoms with Crippen LogP contribution in [-0.4, -0.2) is 44.4 Å². The number of methoxy groups -OCH3 is 2. The van der Waals surface area contributed by atoms with Crippen LogP contribution in [0.1, 0.15) is 63.9 Å². The number of carbonyl (C=O) groups is 2. The second kappa shape index (κ2) is 15.2. The minimum Gasteiger partial charge on any atom is -0.493 e. The second-order valence-corrected chi connectivity index (χ2v) is 7.02. The highest BCUT2D eigenvalue weighted by molar-refractivity contribution is 5.93. The Bertz CT molecular complexity index is 661. The molecule has 0 saturated carbocycles. The Balaban J connectivity index is 2.59. The highest BCUT2D eigenvalue weighted by Crippen LogP contribution is 2.39. The Kier molecular flexibility index (Phi) is 12.8. The number of hydrogen-bond acceptors (Lipinski definition) is 5. The van der Waals surface area contributed by atoms with Crippen LogP contribution < -0.4 is 19.5 Å². The SMILES string of the molecule is CCCCCCCCCCOc1c(OC)cc(C=CC(=O)NCC(=O)O)cc1OC. The van der Waals surface area contributed by atoms with Gasteiger partial charge in [-0.05, 0) is 30.2 Å². The van der Waals surface area contributed by atoms with Gasteiger partial charge in [-0.15, -0.1) is 0 Å². The number of rotatable bonds is 16. The maximum atomic E-state index is 11.6. The molecule has 1 aromatic rings. The predicted octanol–water partition coefficient (Wildman–Crippen LogP) is 4.44. The maximum absolute atomic E-state index is 11.6. The number of hydrogen-bond donors (Lipinski definition) is 2. The minimum atomic E-state index is -1.10. The molecule has 0 aromatic heterocycles. The summed E-state index contributed by atoms with van der Waals surface area (Å²) in [6, 6.07) is 3.49. The molecule has 0 aliphatic carbocycles. The molecular weight excluding hydrogens is 386 g/mol. The van der Waals surface area contributed by atoms with Gasteiger partial charge in [-0.1, -0.05) is 51.9 Å². The Labute approximate surface area is 179 Å². The van der Waals surface area contributed by atoms with E-state index in [1.807, 2.05) is 0 Å². The fourth-order valence-electron chi connectivity index (χ4n) is 2.94. The zero-order valence-electron chi connectivity index (χ0n) is 18.4. The lowest BCUT2D eigenvalue weighted by atomic mass is 10.1. The molecule has 0 unspecified atom stereocenters. The van der Waals surface area contributed by atoms with Crippen LogP contribution in [0.25, 0.3) is 6.08 Å². The monoisotopic (exact) mass is 421 g/mol. The van der Waals surface area contributed by atoms with E-state index < -0.39 is 18.4 Å². The first kappa shape index (κ1) is 25.3. The van der Waals surface area contributed by atoms with Gasteiger partial charge in [0.15, 0.2) is 11.5 Å². The van der Waals surface area contributed by atoms with Crippen molar-refractivity contribution in [1.82, 2.24) is 5.32 Å². The summed E-state index contributed by atoms with van der Waals surface area (Å²) < 4.78 is 16.8. The number of carboxylic acid groups (broad SMARTS) is 1. The topological polar surface area (TPSA) is 94.1 Å². The Morgan fingerprint density at radius 2 is 1.53 bits per heavy atom. The van der Waals surface area contributed by atoms with E-state index in [1.165, 1.54) is 44.6 Å². The van der Waals surface area contributed by atoms with Gasteiger partial charge in [0.25, 0.3) is 0 Å². The second-order valence-electron chi connectivity index (χ2n) is 7.02. The quantitative estimate of drug-likeness (QED) is 0.303. The summed E-state index contributed by atoms with van der Waals surface area (Å²) in [5.74, 6) is -0.0297. The van der Waals surface area contributed by atoms with Gasteiger partial charge in [-0.3, -0.25) is 9.59 Å². The van der Waals surface area contributed by atoms with Gasteiger partial charge >= 0.3 is 5.97 Å². The third-order valence-electron chi connectivity index (χ3n) is 4.57. The Morgan fingerprint density at radius 3 is 2.07 bits per heavy atom. The number of ether oxygens (including phenoxy) is 3. The lowest BCUT2D eigenvalue weighted by Gasteiger charge is -2.15. The molecule has 0 aliphatic heterocycles. The van der Waals surface area contributed by atoms with E-state index in [0.29, 0.717) is 29.4 Å². The number of nitrogens with one attached hydrogen (secondary N) is 1. The molecule has 0 fully saturated rings. The molecule has 0 atom stereocenters. The van der Waals surface area contributed by atoms with Gasteiger partial charge in [0.05, 0.1) is 20.8 Å². The predicted molar refractivity (Wildman–Crippen MR) is 117 cm³/mol. The average molecular weight is 422 g/mol. The molecule has 0 bridgehead atoms. The van der Waals surface area contributed by atoms with Gasteiger partial charge in [0, 0.05) is 6.08 Å². The number of carboxylic acids is 1. The van der Waals surface area contributed by atoms with E-state index in [-0.39, 0.29) is 0 Å². The summed E-state index contributed by atoms with van der Waals surface area (Å²) in [6.07, 6.45) is 12.6. The molecule has 2 N–H and O–H groups in total. The Hall–Kier alpha value is -2.70. The van der Waals surface area contributed by atoms with Crippen LogP contribution in [0, 0.1) is 0 Å². The highest BCUT2D eigenvalue weighted by Gasteiger charge is 2.13. The standard InChI is InChI=1S/C23H35NO6/c1-4-5-6-7-8-9-10-11-14-30-23-19(28-2)15-18(16-20(23)29-3)12-13-21(25)24-17-22(26)27/h12-13,15-16H,4-11,14,17H2,1-3H3,(H,24,25)(H,26,27). The maximum Gasteiger partial charge on any atom is 0.322 e. The first-order chi connectivity index (χ1) is 14.5. The summed E-state index contributed by atoms with van der Waals surface area (Å²) in [4.78, 5) is 22.1. The number of carbonyl (C=O) groups excluding carboxylic acids is 1. The zero-order valence-corrected chi connectivity index (χ0v) is 18.4. The smallest absolute Gasteiger partial charge is 0.322 e. The van der Waals surface area contributed by atoms with Crippen molar-refractivity contribution in [3.05, 3.63) is 23.8 Å². The number of aliphatic carboxylic acids is 1. The molecule has 168 valence electrons. The molecule has 7 heteroatoms. The van der Waals surface area contributed by atoms with E-state index in [4.69, 9.17) is 19.3 Å². The lowest BCUT2D eigenvalue weighted by molar-refractivity contribution is -0.137. The number of unbranched alkanes of at least 4 members (excludes halogenated alkanes) is 7. The average Bonchev–Trinajstić information content (AvgIpc) is 2.74. The molecule has 0 aliphatic rings. The number of benzene rings is 1. The number of amides is 1. The zero-order chi connectivity index (χ0) is 22.2. The third-order valence-corrected chi connectivity index (χ3v) is 4.57. The molecule has 7 nitrogen and oxygen atoms in total. The van der Waals surface area contributed by atoms with Gasteiger partial charge in [-0.25, -0.2) is 0 Å². The van der Waals surface area contributed by atoms with Crippen molar-refractivity contribution in [2.24, 2.45) is 0 Å². The molecule has 0 heterocycles. The first-order valence-electron chi connectivity index (χ1n) is 10.6. The summed E-state index contributed by atoms with van der Waals surface area (Å²) in [7, 11) is 3.09. The largest absolute Gasteiger partial charge is 0.493 e. The van der Waals surface area contributed by atoms with E-state index in [0.717, 1.165) is 12.8 Å². The summed E-state index contributed by atoms with van der Waals surface area (Å²) in [6.45, 7) is 2.37. The minimum absolute atomic E-state index is 0.429. The van der Waals surface area contributed by atoms with Gasteiger partial charge in [-0.2, -0.15) is 0 Å². The molecule has 1 amide bonds. The Morgan fingerprint density at radius 1 is 0.967 bits per heavy atom. The third kappa shape index (κ3) is 10.2. The highest BCUT2D eigenvalue weighted by atomic mass is 16.5. The normalized spacial score (nSPS) is 10.8.